The molecule has 2 nitrogen and oxygen atoms in total. The molecule has 0 heterocycles. The predicted octanol–water partition coefficient (Wildman–Crippen LogP) is 1.62. The van der Waals surface area contributed by atoms with Crippen LogP contribution in [0.25, 0.3) is 0 Å². The molecule has 0 fully saturated rings. The zero-order valence-corrected chi connectivity index (χ0v) is 7.27. The van der Waals surface area contributed by atoms with Crippen molar-refractivity contribution in [3.05, 3.63) is 0 Å². The van der Waals surface area contributed by atoms with Gasteiger partial charge in [0.05, 0.1) is 6.42 Å². The fourth-order valence-corrected chi connectivity index (χ4v) is 0.750. The number of halogens is 2. The number of carboxylic acid groups (broad SMARTS) is 1. The van der Waals surface area contributed by atoms with Crippen molar-refractivity contribution in [1.29, 1.82) is 0 Å². The van der Waals surface area contributed by atoms with Crippen LogP contribution >= 0.6 is 31.9 Å². The Bertz CT molecular complexity index is 84.1. The van der Waals surface area contributed by atoms with Gasteiger partial charge in [-0.25, -0.2) is 0 Å². The van der Waals surface area contributed by atoms with Gasteiger partial charge in [-0.1, -0.05) is 31.9 Å². The molecule has 0 saturated heterocycles. The SMILES string of the molecule is O=C(O)CC(Br)CBr. The first kappa shape index (κ1) is 8.43. The fourth-order valence-electron chi connectivity index (χ4n) is 0.244. The smallest absolute Gasteiger partial charge is 0.304 e. The first-order valence-corrected chi connectivity index (χ1v) is 4.12. The molecule has 0 aliphatic carbocycles. The summed E-state index contributed by atoms with van der Waals surface area (Å²) < 4.78 is 0. The highest BCUT2D eigenvalue weighted by atomic mass is 79.9. The van der Waals surface area contributed by atoms with E-state index in [1.165, 1.54) is 0 Å². The van der Waals surface area contributed by atoms with Crippen molar-refractivity contribution < 1.29 is 9.90 Å². The highest BCUT2D eigenvalue weighted by Gasteiger charge is 2.05. The Kier molecular flexibility index (Phi) is 4.56. The monoisotopic (exact) mass is 244 g/mol. The zero-order chi connectivity index (χ0) is 6.57. The number of alkyl halides is 2. The van der Waals surface area contributed by atoms with E-state index in [0.717, 1.165) is 0 Å². The van der Waals surface area contributed by atoms with Gasteiger partial charge >= 0.3 is 5.97 Å². The van der Waals surface area contributed by atoms with Crippen LogP contribution in [-0.2, 0) is 4.79 Å². The van der Waals surface area contributed by atoms with Crippen LogP contribution < -0.4 is 0 Å². The van der Waals surface area contributed by atoms with Gasteiger partial charge in [0, 0.05) is 10.2 Å². The molecular formula is C4H6Br2O2. The molecule has 1 unspecified atom stereocenters. The van der Waals surface area contributed by atoms with Crippen molar-refractivity contribution in [2.45, 2.75) is 11.2 Å². The Balaban J connectivity index is 3.24. The molecule has 0 bridgehead atoms. The van der Waals surface area contributed by atoms with E-state index in [-0.39, 0.29) is 11.2 Å². The van der Waals surface area contributed by atoms with E-state index in [2.05, 4.69) is 31.9 Å². The maximum Gasteiger partial charge on any atom is 0.304 e. The Morgan fingerprint density at radius 3 is 2.38 bits per heavy atom. The second kappa shape index (κ2) is 4.32. The van der Waals surface area contributed by atoms with E-state index in [1.54, 1.807) is 0 Å². The van der Waals surface area contributed by atoms with Gasteiger partial charge in [-0.3, -0.25) is 4.79 Å². The normalized spacial score (nSPS) is 13.2. The van der Waals surface area contributed by atoms with Crippen LogP contribution in [0.1, 0.15) is 6.42 Å². The number of hydrogen-bond donors (Lipinski definition) is 1. The molecule has 48 valence electrons. The van der Waals surface area contributed by atoms with E-state index in [9.17, 15) is 4.79 Å². The van der Waals surface area contributed by atoms with Crippen LogP contribution in [-0.4, -0.2) is 21.2 Å². The molecule has 0 saturated carbocycles. The molecule has 0 aliphatic heterocycles. The molecule has 0 aromatic carbocycles. The van der Waals surface area contributed by atoms with Crippen LogP contribution in [0.3, 0.4) is 0 Å². The van der Waals surface area contributed by atoms with Gasteiger partial charge in [-0.15, -0.1) is 0 Å². The summed E-state index contributed by atoms with van der Waals surface area (Å²) in [4.78, 5) is 9.97. The lowest BCUT2D eigenvalue weighted by Gasteiger charge is -1.97. The number of aliphatic carboxylic acids is 1. The lowest BCUT2D eigenvalue weighted by atomic mass is 10.3. The average molecular weight is 246 g/mol. The Morgan fingerprint density at radius 2 is 2.25 bits per heavy atom. The lowest BCUT2D eigenvalue weighted by molar-refractivity contribution is -0.136. The number of hydrogen-bond acceptors (Lipinski definition) is 1. The van der Waals surface area contributed by atoms with E-state index >= 15 is 0 Å². The summed E-state index contributed by atoms with van der Waals surface area (Å²) in [5.41, 5.74) is 0. The molecule has 1 atom stereocenters. The number of rotatable bonds is 3. The highest BCUT2D eigenvalue weighted by Crippen LogP contribution is 2.07. The van der Waals surface area contributed by atoms with Crippen LogP contribution in [0.4, 0.5) is 0 Å². The summed E-state index contributed by atoms with van der Waals surface area (Å²) in [5, 5.41) is 8.84. The van der Waals surface area contributed by atoms with Gasteiger partial charge in [0.1, 0.15) is 0 Å². The minimum Gasteiger partial charge on any atom is -0.481 e. The molecule has 0 rings (SSSR count). The number of carboxylic acids is 1. The second-order valence-electron chi connectivity index (χ2n) is 1.35. The molecule has 8 heavy (non-hydrogen) atoms. The van der Waals surface area contributed by atoms with E-state index in [0.29, 0.717) is 5.33 Å². The second-order valence-corrected chi connectivity index (χ2v) is 3.29. The largest absolute Gasteiger partial charge is 0.481 e. The van der Waals surface area contributed by atoms with Crippen molar-refractivity contribution >= 4 is 37.8 Å². The van der Waals surface area contributed by atoms with Gasteiger partial charge in [0.25, 0.3) is 0 Å². The molecule has 0 spiro atoms. The molecule has 0 radical (unpaired) electrons. The molecule has 0 aliphatic rings. The maximum absolute atomic E-state index is 9.92. The summed E-state index contributed by atoms with van der Waals surface area (Å²) >= 11 is 6.28. The summed E-state index contributed by atoms with van der Waals surface area (Å²) in [5.74, 6) is -0.772. The molecule has 0 amide bonds. The first-order chi connectivity index (χ1) is 3.66. The predicted molar refractivity (Wildman–Crippen MR) is 38.8 cm³/mol. The summed E-state index contributed by atoms with van der Waals surface area (Å²) in [6.45, 7) is 0. The third-order valence-corrected chi connectivity index (χ3v) is 2.86. The van der Waals surface area contributed by atoms with Gasteiger partial charge in [0.2, 0.25) is 0 Å². The van der Waals surface area contributed by atoms with Crippen LogP contribution in [0.15, 0.2) is 0 Å². The third kappa shape index (κ3) is 4.59. The summed E-state index contributed by atoms with van der Waals surface area (Å²) in [7, 11) is 0. The van der Waals surface area contributed by atoms with Crippen LogP contribution in [0.2, 0.25) is 0 Å². The minimum absolute atomic E-state index is 0.0556. The fraction of sp³-hybridized carbons (Fsp3) is 0.750. The van der Waals surface area contributed by atoms with Crippen molar-refractivity contribution in [3.63, 3.8) is 0 Å². The Labute approximate surface area is 64.5 Å². The van der Waals surface area contributed by atoms with Gasteiger partial charge in [-0.05, 0) is 0 Å². The molecule has 0 aromatic heterocycles. The van der Waals surface area contributed by atoms with Gasteiger partial charge in [-0.2, -0.15) is 0 Å². The molecule has 4 heteroatoms. The number of carbonyl (C=O) groups is 1. The van der Waals surface area contributed by atoms with Crippen molar-refractivity contribution in [1.82, 2.24) is 0 Å². The van der Waals surface area contributed by atoms with Crippen LogP contribution in [0, 0.1) is 0 Å². The van der Waals surface area contributed by atoms with Crippen LogP contribution in [0.5, 0.6) is 0 Å². The molecule has 0 aromatic rings. The molecule has 1 N–H and O–H groups in total. The summed E-state index contributed by atoms with van der Waals surface area (Å²) in [6, 6.07) is 0. The van der Waals surface area contributed by atoms with Gasteiger partial charge < -0.3 is 5.11 Å². The van der Waals surface area contributed by atoms with Crippen molar-refractivity contribution in [2.24, 2.45) is 0 Å². The van der Waals surface area contributed by atoms with E-state index in [1.807, 2.05) is 0 Å². The third-order valence-electron chi connectivity index (χ3n) is 0.564. The lowest BCUT2D eigenvalue weighted by Crippen LogP contribution is -2.06. The zero-order valence-electron chi connectivity index (χ0n) is 4.10. The van der Waals surface area contributed by atoms with E-state index < -0.39 is 5.97 Å². The topological polar surface area (TPSA) is 37.3 Å². The maximum atomic E-state index is 9.92. The van der Waals surface area contributed by atoms with Crippen molar-refractivity contribution in [2.75, 3.05) is 5.33 Å². The quantitative estimate of drug-likeness (QED) is 0.768. The molecular weight excluding hydrogens is 240 g/mol. The van der Waals surface area contributed by atoms with Crippen molar-refractivity contribution in [3.8, 4) is 0 Å². The highest BCUT2D eigenvalue weighted by molar-refractivity contribution is 9.12. The van der Waals surface area contributed by atoms with Gasteiger partial charge in [0.15, 0.2) is 0 Å². The Morgan fingerprint density at radius 1 is 1.75 bits per heavy atom. The van der Waals surface area contributed by atoms with E-state index in [4.69, 9.17) is 5.11 Å². The standard InChI is InChI=1S/C4H6Br2O2/c5-2-3(6)1-4(7)8/h3H,1-2H2,(H,7,8). The Hall–Kier alpha value is 0.430. The average Bonchev–Trinajstić information content (AvgIpc) is 1.65. The minimum atomic E-state index is -0.772. The summed E-state index contributed by atoms with van der Waals surface area (Å²) in [6.07, 6.45) is 0.172. The first-order valence-electron chi connectivity index (χ1n) is 2.08.